The number of nitrogens with two attached hydrogens (primary N) is 1. The summed E-state index contributed by atoms with van der Waals surface area (Å²) in [7, 11) is 0. The zero-order valence-corrected chi connectivity index (χ0v) is 14.4. The number of carbonyl (C=O) groups is 1. The van der Waals surface area contributed by atoms with Crippen LogP contribution in [0.5, 0.6) is 0 Å². The number of nitriles is 1. The van der Waals surface area contributed by atoms with E-state index in [2.05, 4.69) is 21.6 Å². The molecular formula is C19H15N7O. The van der Waals surface area contributed by atoms with Gasteiger partial charge in [0.2, 0.25) is 0 Å². The predicted molar refractivity (Wildman–Crippen MR) is 101 cm³/mol. The summed E-state index contributed by atoms with van der Waals surface area (Å²) in [5.74, 6) is 0.179. The average Bonchev–Trinajstić information content (AvgIpc) is 3.20. The highest BCUT2D eigenvalue weighted by Gasteiger charge is 2.20. The second-order valence-corrected chi connectivity index (χ2v) is 5.96. The lowest BCUT2D eigenvalue weighted by Crippen LogP contribution is -2.16. The van der Waals surface area contributed by atoms with Gasteiger partial charge in [-0.15, -0.1) is 5.10 Å². The van der Waals surface area contributed by atoms with Crippen LogP contribution in [-0.2, 0) is 0 Å². The van der Waals surface area contributed by atoms with Crippen molar-refractivity contribution in [2.45, 2.75) is 6.92 Å². The number of hydrogen-bond donors (Lipinski definition) is 2. The van der Waals surface area contributed by atoms with Crippen LogP contribution in [0.25, 0.3) is 11.2 Å². The van der Waals surface area contributed by atoms with E-state index in [4.69, 9.17) is 5.73 Å². The smallest absolute Gasteiger partial charge is 0.262 e. The van der Waals surface area contributed by atoms with Gasteiger partial charge >= 0.3 is 0 Å². The van der Waals surface area contributed by atoms with E-state index in [-0.39, 0.29) is 11.4 Å². The number of amides is 1. The summed E-state index contributed by atoms with van der Waals surface area (Å²) in [6.07, 6.45) is 1.72. The number of nitrogen functional groups attached to an aromatic ring is 1. The van der Waals surface area contributed by atoms with Crippen LogP contribution in [0.2, 0.25) is 0 Å². The molecule has 8 nitrogen and oxygen atoms in total. The maximum absolute atomic E-state index is 12.9. The number of aromatic nitrogens is 4. The Balaban J connectivity index is 1.77. The molecule has 0 saturated heterocycles. The second kappa shape index (κ2) is 6.31. The van der Waals surface area contributed by atoms with Gasteiger partial charge in [-0.1, -0.05) is 18.2 Å². The van der Waals surface area contributed by atoms with Gasteiger partial charge in [0, 0.05) is 12.3 Å². The summed E-state index contributed by atoms with van der Waals surface area (Å²) < 4.78 is 3.09. The Bertz CT molecular complexity index is 1210. The third-order valence-electron chi connectivity index (χ3n) is 4.12. The number of aryl methyl sites for hydroxylation is 1. The maximum atomic E-state index is 12.9. The van der Waals surface area contributed by atoms with E-state index in [1.807, 2.05) is 19.1 Å². The van der Waals surface area contributed by atoms with Gasteiger partial charge in [0.1, 0.15) is 17.5 Å². The molecular weight excluding hydrogens is 342 g/mol. The van der Waals surface area contributed by atoms with E-state index in [9.17, 15) is 10.1 Å². The van der Waals surface area contributed by atoms with Crippen molar-refractivity contribution in [3.05, 3.63) is 71.5 Å². The predicted octanol–water partition coefficient (Wildman–Crippen LogP) is 2.53. The zero-order chi connectivity index (χ0) is 19.0. The number of anilines is 2. The molecule has 132 valence electrons. The largest absolute Gasteiger partial charge is 0.382 e. The monoisotopic (exact) mass is 357 g/mol. The van der Waals surface area contributed by atoms with E-state index >= 15 is 0 Å². The van der Waals surface area contributed by atoms with Crippen molar-refractivity contribution in [2.75, 3.05) is 11.1 Å². The van der Waals surface area contributed by atoms with Gasteiger partial charge in [0.15, 0.2) is 5.82 Å². The van der Waals surface area contributed by atoms with E-state index in [1.54, 1.807) is 47.1 Å². The Hall–Kier alpha value is -4.12. The molecule has 27 heavy (non-hydrogen) atoms. The van der Waals surface area contributed by atoms with Crippen LogP contribution < -0.4 is 11.1 Å². The van der Waals surface area contributed by atoms with Crippen molar-refractivity contribution in [3.8, 4) is 11.8 Å². The summed E-state index contributed by atoms with van der Waals surface area (Å²) in [5, 5.41) is 20.8. The molecule has 8 heteroatoms. The second-order valence-electron chi connectivity index (χ2n) is 5.96. The van der Waals surface area contributed by atoms with Crippen molar-refractivity contribution in [1.82, 2.24) is 19.4 Å². The average molecular weight is 357 g/mol. The van der Waals surface area contributed by atoms with Crippen LogP contribution >= 0.6 is 0 Å². The first kappa shape index (κ1) is 16.4. The van der Waals surface area contributed by atoms with Crippen LogP contribution in [0.15, 0.2) is 54.7 Å². The van der Waals surface area contributed by atoms with Gasteiger partial charge in [-0.25, -0.2) is 9.20 Å². The number of fused-ring (bicyclic) bond motifs is 1. The molecule has 3 heterocycles. The standard InChI is InChI=1S/C19H15N7O/c1-12-10-16(26(23-12)14-7-3-2-6-13(14)11-20)22-19(27)17-15-8-4-5-9-25(15)24-18(17)21/h2-10H,1H3,(H2,21,24)(H,22,27). The molecule has 0 unspecified atom stereocenters. The molecule has 0 aliphatic carbocycles. The van der Waals surface area contributed by atoms with Crippen LogP contribution in [0.1, 0.15) is 21.6 Å². The number of benzene rings is 1. The molecule has 0 bridgehead atoms. The fraction of sp³-hybridized carbons (Fsp3) is 0.0526. The Morgan fingerprint density at radius 1 is 1.19 bits per heavy atom. The van der Waals surface area contributed by atoms with Crippen LogP contribution in [0.4, 0.5) is 11.6 Å². The molecule has 4 aromatic rings. The lowest BCUT2D eigenvalue weighted by molar-refractivity contribution is 0.102. The highest BCUT2D eigenvalue weighted by molar-refractivity contribution is 6.12. The third kappa shape index (κ3) is 2.77. The third-order valence-corrected chi connectivity index (χ3v) is 4.12. The van der Waals surface area contributed by atoms with Gasteiger partial charge in [0.05, 0.1) is 22.5 Å². The fourth-order valence-corrected chi connectivity index (χ4v) is 2.95. The summed E-state index contributed by atoms with van der Waals surface area (Å²) in [6.45, 7) is 1.81. The Morgan fingerprint density at radius 3 is 2.78 bits per heavy atom. The van der Waals surface area contributed by atoms with Gasteiger partial charge < -0.3 is 11.1 Å². The number of hydrogen-bond acceptors (Lipinski definition) is 5. The first-order valence-corrected chi connectivity index (χ1v) is 8.19. The highest BCUT2D eigenvalue weighted by Crippen LogP contribution is 2.23. The minimum absolute atomic E-state index is 0.138. The summed E-state index contributed by atoms with van der Waals surface area (Å²) >= 11 is 0. The van der Waals surface area contributed by atoms with Gasteiger partial charge in [-0.2, -0.15) is 10.4 Å². The first-order valence-electron chi connectivity index (χ1n) is 8.19. The number of nitrogens with one attached hydrogen (secondary N) is 1. The van der Waals surface area contributed by atoms with Crippen molar-refractivity contribution in [1.29, 1.82) is 5.26 Å². The number of pyridine rings is 1. The normalized spacial score (nSPS) is 10.7. The van der Waals surface area contributed by atoms with E-state index in [1.165, 1.54) is 4.68 Å². The van der Waals surface area contributed by atoms with E-state index in [0.29, 0.717) is 28.3 Å². The van der Waals surface area contributed by atoms with Gasteiger partial charge in [-0.05, 0) is 31.2 Å². The number of para-hydroxylation sites is 1. The Labute approximate surface area is 154 Å². The van der Waals surface area contributed by atoms with Crippen LogP contribution in [-0.4, -0.2) is 25.3 Å². The molecule has 0 spiro atoms. The van der Waals surface area contributed by atoms with Gasteiger partial charge in [-0.3, -0.25) is 4.79 Å². The van der Waals surface area contributed by atoms with Crippen molar-refractivity contribution < 1.29 is 4.79 Å². The molecule has 0 atom stereocenters. The Kier molecular flexibility index (Phi) is 3.82. The number of carbonyl (C=O) groups excluding carboxylic acids is 1. The molecule has 1 amide bonds. The first-order chi connectivity index (χ1) is 13.1. The van der Waals surface area contributed by atoms with Crippen molar-refractivity contribution >= 4 is 23.1 Å². The summed E-state index contributed by atoms with van der Waals surface area (Å²) in [6, 6.07) is 16.3. The molecule has 0 saturated carbocycles. The molecule has 0 radical (unpaired) electrons. The summed E-state index contributed by atoms with van der Waals surface area (Å²) in [5.41, 5.74) is 8.57. The van der Waals surface area contributed by atoms with Crippen molar-refractivity contribution in [2.24, 2.45) is 0 Å². The van der Waals surface area contributed by atoms with Crippen molar-refractivity contribution in [3.63, 3.8) is 0 Å². The Morgan fingerprint density at radius 2 is 1.96 bits per heavy atom. The van der Waals surface area contributed by atoms with Crippen LogP contribution in [0, 0.1) is 18.3 Å². The van der Waals surface area contributed by atoms with E-state index in [0.717, 1.165) is 0 Å². The molecule has 3 N–H and O–H groups in total. The highest BCUT2D eigenvalue weighted by atomic mass is 16.1. The molecule has 4 rings (SSSR count). The topological polar surface area (TPSA) is 114 Å². The molecule has 1 aromatic carbocycles. The SMILES string of the molecule is Cc1cc(NC(=O)c2c(N)nn3ccccc23)n(-c2ccccc2C#N)n1. The minimum Gasteiger partial charge on any atom is -0.382 e. The summed E-state index contributed by atoms with van der Waals surface area (Å²) in [4.78, 5) is 12.9. The lowest BCUT2D eigenvalue weighted by atomic mass is 10.2. The maximum Gasteiger partial charge on any atom is 0.262 e. The molecule has 0 aliphatic heterocycles. The number of rotatable bonds is 3. The van der Waals surface area contributed by atoms with Gasteiger partial charge in [0.25, 0.3) is 5.91 Å². The fourth-order valence-electron chi connectivity index (χ4n) is 2.95. The lowest BCUT2D eigenvalue weighted by Gasteiger charge is -2.10. The van der Waals surface area contributed by atoms with E-state index < -0.39 is 5.91 Å². The molecule has 3 aromatic heterocycles. The molecule has 0 aliphatic rings. The molecule has 0 fully saturated rings. The quantitative estimate of drug-likeness (QED) is 0.585. The minimum atomic E-state index is -0.399. The van der Waals surface area contributed by atoms with Crippen LogP contribution in [0.3, 0.4) is 0 Å². The zero-order valence-electron chi connectivity index (χ0n) is 14.4. The number of nitrogens with zero attached hydrogens (tertiary/aromatic N) is 5.